The van der Waals surface area contributed by atoms with E-state index in [9.17, 15) is 4.79 Å². The zero-order valence-electron chi connectivity index (χ0n) is 12.7. The third kappa shape index (κ3) is 2.90. The van der Waals surface area contributed by atoms with Crippen molar-refractivity contribution in [3.8, 4) is 16.9 Å². The van der Waals surface area contributed by atoms with Crippen molar-refractivity contribution in [2.45, 2.75) is 10.8 Å². The molecule has 1 heterocycles. The van der Waals surface area contributed by atoms with Crippen molar-refractivity contribution in [3.05, 3.63) is 65.0 Å². The molecule has 1 aromatic heterocycles. The highest BCUT2D eigenvalue weighted by molar-refractivity contribution is 6.50. The average Bonchev–Trinajstić information content (AvgIpc) is 3.21. The standard InChI is InChI=1S/C19H14Cl2O3/c20-19(21)9-13(19)10-23-14-6-7-15-17(8-14)24-11-16(18(15)22)12-4-2-1-3-5-12/h1-8,11,13H,9-10H2/t13-/m1/s1. The summed E-state index contributed by atoms with van der Waals surface area (Å²) in [6.07, 6.45) is 2.23. The van der Waals surface area contributed by atoms with Gasteiger partial charge in [0.2, 0.25) is 0 Å². The highest BCUT2D eigenvalue weighted by Gasteiger charge is 2.52. The van der Waals surface area contributed by atoms with E-state index >= 15 is 0 Å². The van der Waals surface area contributed by atoms with Crippen molar-refractivity contribution >= 4 is 34.2 Å². The minimum absolute atomic E-state index is 0.0586. The van der Waals surface area contributed by atoms with Crippen LogP contribution in [0.3, 0.4) is 0 Å². The zero-order chi connectivity index (χ0) is 16.7. The van der Waals surface area contributed by atoms with Crippen LogP contribution in [0.25, 0.3) is 22.1 Å². The SMILES string of the molecule is O=c1c(-c2ccccc2)coc2cc(OC[C@H]3CC3(Cl)Cl)ccc12. The molecule has 24 heavy (non-hydrogen) atoms. The van der Waals surface area contributed by atoms with E-state index in [1.807, 2.05) is 30.3 Å². The van der Waals surface area contributed by atoms with Crippen LogP contribution in [-0.2, 0) is 0 Å². The Bertz CT molecular complexity index is 948. The Hall–Kier alpha value is -1.97. The van der Waals surface area contributed by atoms with Crippen molar-refractivity contribution in [1.82, 2.24) is 0 Å². The topological polar surface area (TPSA) is 39.4 Å². The van der Waals surface area contributed by atoms with Crippen LogP contribution < -0.4 is 10.2 Å². The van der Waals surface area contributed by atoms with E-state index in [4.69, 9.17) is 32.4 Å². The van der Waals surface area contributed by atoms with Crippen LogP contribution in [0.4, 0.5) is 0 Å². The van der Waals surface area contributed by atoms with Gasteiger partial charge >= 0.3 is 0 Å². The largest absolute Gasteiger partial charge is 0.493 e. The molecule has 0 bridgehead atoms. The average molecular weight is 361 g/mol. The van der Waals surface area contributed by atoms with Crippen LogP contribution >= 0.6 is 23.2 Å². The van der Waals surface area contributed by atoms with Gasteiger partial charge in [-0.15, -0.1) is 23.2 Å². The monoisotopic (exact) mass is 360 g/mol. The first-order valence-corrected chi connectivity index (χ1v) is 8.42. The van der Waals surface area contributed by atoms with Gasteiger partial charge < -0.3 is 9.15 Å². The molecule has 2 aromatic carbocycles. The summed E-state index contributed by atoms with van der Waals surface area (Å²) in [5.74, 6) is 0.776. The molecule has 0 radical (unpaired) electrons. The number of rotatable bonds is 4. The maximum Gasteiger partial charge on any atom is 0.200 e. The lowest BCUT2D eigenvalue weighted by Crippen LogP contribution is -2.06. The van der Waals surface area contributed by atoms with Crippen molar-refractivity contribution in [2.24, 2.45) is 5.92 Å². The Morgan fingerprint density at radius 1 is 1.17 bits per heavy atom. The van der Waals surface area contributed by atoms with Gasteiger partial charge in [-0.2, -0.15) is 0 Å². The maximum absolute atomic E-state index is 12.7. The second-order valence-electron chi connectivity index (χ2n) is 5.98. The van der Waals surface area contributed by atoms with Crippen LogP contribution in [0.1, 0.15) is 6.42 Å². The minimum atomic E-state index is -0.659. The number of halogens is 2. The number of benzene rings is 2. The summed E-state index contributed by atoms with van der Waals surface area (Å²) < 4.78 is 10.7. The molecule has 0 unspecified atom stereocenters. The number of alkyl halides is 2. The van der Waals surface area contributed by atoms with E-state index in [1.165, 1.54) is 6.26 Å². The van der Waals surface area contributed by atoms with Gasteiger partial charge in [-0.1, -0.05) is 30.3 Å². The molecule has 0 spiro atoms. The molecule has 1 aliphatic carbocycles. The van der Waals surface area contributed by atoms with E-state index < -0.39 is 4.33 Å². The van der Waals surface area contributed by atoms with Crippen molar-refractivity contribution in [2.75, 3.05) is 6.61 Å². The van der Waals surface area contributed by atoms with Gasteiger partial charge in [-0.05, 0) is 24.1 Å². The molecule has 1 fully saturated rings. The predicted molar refractivity (Wildman–Crippen MR) is 96.0 cm³/mol. The predicted octanol–water partition coefficient (Wildman–Crippen LogP) is 5.03. The molecule has 3 aromatic rings. The Balaban J connectivity index is 1.63. The summed E-state index contributed by atoms with van der Waals surface area (Å²) in [5.41, 5.74) is 1.82. The first kappa shape index (κ1) is 15.6. The molecule has 3 nitrogen and oxygen atoms in total. The third-order valence-electron chi connectivity index (χ3n) is 4.24. The highest BCUT2D eigenvalue weighted by Crippen LogP contribution is 2.53. The zero-order valence-corrected chi connectivity index (χ0v) is 14.2. The lowest BCUT2D eigenvalue weighted by Gasteiger charge is -2.07. The van der Waals surface area contributed by atoms with E-state index in [-0.39, 0.29) is 11.3 Å². The first-order valence-electron chi connectivity index (χ1n) is 7.66. The van der Waals surface area contributed by atoms with Gasteiger partial charge in [0.15, 0.2) is 5.43 Å². The molecule has 0 saturated heterocycles. The van der Waals surface area contributed by atoms with Gasteiger partial charge in [-0.3, -0.25) is 4.79 Å². The Labute approximate surface area is 148 Å². The number of ether oxygens (including phenoxy) is 1. The molecule has 1 atom stereocenters. The van der Waals surface area contributed by atoms with Crippen molar-refractivity contribution < 1.29 is 9.15 Å². The molecule has 122 valence electrons. The summed E-state index contributed by atoms with van der Waals surface area (Å²) in [7, 11) is 0. The third-order valence-corrected chi connectivity index (χ3v) is 5.16. The van der Waals surface area contributed by atoms with Crippen LogP contribution in [-0.4, -0.2) is 10.9 Å². The summed E-state index contributed by atoms with van der Waals surface area (Å²) in [6, 6.07) is 14.7. The fourth-order valence-electron chi connectivity index (χ4n) is 2.66. The molecule has 4 rings (SSSR count). The summed E-state index contributed by atoms with van der Waals surface area (Å²) in [6.45, 7) is 0.449. The normalized spacial score (nSPS) is 18.5. The van der Waals surface area contributed by atoms with Gasteiger partial charge in [0.25, 0.3) is 0 Å². The van der Waals surface area contributed by atoms with Crippen LogP contribution in [0.2, 0.25) is 0 Å². The lowest BCUT2D eigenvalue weighted by atomic mass is 10.1. The maximum atomic E-state index is 12.7. The fourth-order valence-corrected chi connectivity index (χ4v) is 3.16. The van der Waals surface area contributed by atoms with E-state index in [2.05, 4.69) is 0 Å². The van der Waals surface area contributed by atoms with Crippen molar-refractivity contribution in [1.29, 1.82) is 0 Å². The number of hydrogen-bond donors (Lipinski definition) is 0. The van der Waals surface area contributed by atoms with Gasteiger partial charge in [0, 0.05) is 12.0 Å². The number of fused-ring (bicyclic) bond motifs is 1. The van der Waals surface area contributed by atoms with Crippen LogP contribution in [0.5, 0.6) is 5.75 Å². The minimum Gasteiger partial charge on any atom is -0.493 e. The number of hydrogen-bond acceptors (Lipinski definition) is 3. The molecule has 0 aliphatic heterocycles. The Morgan fingerprint density at radius 2 is 1.92 bits per heavy atom. The molecule has 1 saturated carbocycles. The lowest BCUT2D eigenvalue weighted by molar-refractivity contribution is 0.298. The molecular weight excluding hydrogens is 347 g/mol. The van der Waals surface area contributed by atoms with Crippen LogP contribution in [0, 0.1) is 5.92 Å². The first-order chi connectivity index (χ1) is 11.5. The van der Waals surface area contributed by atoms with E-state index in [1.54, 1.807) is 18.2 Å². The van der Waals surface area contributed by atoms with Gasteiger partial charge in [0.1, 0.15) is 21.9 Å². The van der Waals surface area contributed by atoms with Gasteiger partial charge in [0.05, 0.1) is 17.6 Å². The molecule has 1 aliphatic rings. The smallest absolute Gasteiger partial charge is 0.200 e. The van der Waals surface area contributed by atoms with Gasteiger partial charge in [-0.25, -0.2) is 0 Å². The second-order valence-corrected chi connectivity index (χ2v) is 7.52. The Kier molecular flexibility index (Phi) is 3.78. The summed E-state index contributed by atoms with van der Waals surface area (Å²) >= 11 is 12.0. The highest BCUT2D eigenvalue weighted by atomic mass is 35.5. The summed E-state index contributed by atoms with van der Waals surface area (Å²) in [5, 5.41) is 0.527. The van der Waals surface area contributed by atoms with E-state index in [0.717, 1.165) is 12.0 Å². The Morgan fingerprint density at radius 3 is 2.62 bits per heavy atom. The molecular formula is C19H14Cl2O3. The second kappa shape index (κ2) is 5.83. The van der Waals surface area contributed by atoms with Crippen LogP contribution in [0.15, 0.2) is 64.0 Å². The fraction of sp³-hybridized carbons (Fsp3) is 0.211. The van der Waals surface area contributed by atoms with Crippen molar-refractivity contribution in [3.63, 3.8) is 0 Å². The molecule has 0 N–H and O–H groups in total. The molecule has 0 amide bonds. The quantitative estimate of drug-likeness (QED) is 0.612. The summed E-state index contributed by atoms with van der Waals surface area (Å²) in [4.78, 5) is 12.7. The van der Waals surface area contributed by atoms with E-state index in [0.29, 0.717) is 28.9 Å². The molecule has 5 heteroatoms.